The van der Waals surface area contributed by atoms with Gasteiger partial charge in [-0.3, -0.25) is 0 Å². The first-order valence-corrected chi connectivity index (χ1v) is 3.93. The second kappa shape index (κ2) is 5.90. The zero-order chi connectivity index (χ0) is 9.84. The molecule has 1 unspecified atom stereocenters. The third-order valence-corrected chi connectivity index (χ3v) is 1.65. The van der Waals surface area contributed by atoms with Gasteiger partial charge < -0.3 is 10.8 Å². The summed E-state index contributed by atoms with van der Waals surface area (Å²) >= 11 is 0. The number of halogens is 3. The summed E-state index contributed by atoms with van der Waals surface area (Å²) in [6.45, 7) is -0.196. The summed E-state index contributed by atoms with van der Waals surface area (Å²) < 4.78 is 25.3. The average molecular weight is 224 g/mol. The molecule has 80 valence electrons. The minimum atomic E-state index is -0.625. The highest BCUT2D eigenvalue weighted by Gasteiger charge is 2.05. The summed E-state index contributed by atoms with van der Waals surface area (Å²) in [4.78, 5) is 0. The molecule has 2 nitrogen and oxygen atoms in total. The van der Waals surface area contributed by atoms with Gasteiger partial charge in [-0.05, 0) is 24.1 Å². The monoisotopic (exact) mass is 223 g/mol. The van der Waals surface area contributed by atoms with Crippen LogP contribution >= 0.6 is 12.4 Å². The Morgan fingerprint density at radius 2 is 1.71 bits per heavy atom. The van der Waals surface area contributed by atoms with E-state index in [1.54, 1.807) is 0 Å². The van der Waals surface area contributed by atoms with Crippen molar-refractivity contribution < 1.29 is 13.9 Å². The van der Waals surface area contributed by atoms with E-state index in [4.69, 9.17) is 10.8 Å². The van der Waals surface area contributed by atoms with E-state index >= 15 is 0 Å². The second-order valence-corrected chi connectivity index (χ2v) is 2.92. The van der Waals surface area contributed by atoms with Gasteiger partial charge in [0, 0.05) is 12.1 Å². The van der Waals surface area contributed by atoms with Crippen LogP contribution in [-0.2, 0) is 6.42 Å². The summed E-state index contributed by atoms with van der Waals surface area (Å²) in [6.07, 6.45) is 0.269. The molecule has 0 aliphatic heterocycles. The van der Waals surface area contributed by atoms with Crippen LogP contribution in [0.15, 0.2) is 18.2 Å². The van der Waals surface area contributed by atoms with Crippen molar-refractivity contribution >= 4 is 12.4 Å². The summed E-state index contributed by atoms with van der Waals surface area (Å²) in [5.41, 5.74) is 5.87. The minimum absolute atomic E-state index is 0. The number of hydrogen-bond donors (Lipinski definition) is 2. The molecule has 0 aliphatic rings. The maximum atomic E-state index is 12.6. The number of hydrogen-bond acceptors (Lipinski definition) is 2. The zero-order valence-corrected chi connectivity index (χ0v) is 8.23. The van der Waals surface area contributed by atoms with Gasteiger partial charge in [0.2, 0.25) is 0 Å². The molecule has 0 saturated carbocycles. The van der Waals surface area contributed by atoms with Gasteiger partial charge in [-0.15, -0.1) is 12.4 Å². The van der Waals surface area contributed by atoms with Crippen LogP contribution in [0.3, 0.4) is 0 Å². The molecule has 3 N–H and O–H groups in total. The van der Waals surface area contributed by atoms with Gasteiger partial charge in [-0.25, -0.2) is 8.78 Å². The lowest BCUT2D eigenvalue weighted by Gasteiger charge is -2.07. The molecule has 0 fully saturated rings. The Balaban J connectivity index is 0.00000169. The number of aliphatic hydroxyl groups is 1. The third-order valence-electron chi connectivity index (χ3n) is 1.65. The van der Waals surface area contributed by atoms with Crippen LogP contribution < -0.4 is 5.73 Å². The predicted octanol–water partition coefficient (Wildman–Crippen LogP) is 1.25. The summed E-state index contributed by atoms with van der Waals surface area (Å²) in [6, 6.07) is 2.74. The van der Waals surface area contributed by atoms with Gasteiger partial charge in [0.05, 0.1) is 6.61 Å². The molecule has 14 heavy (non-hydrogen) atoms. The van der Waals surface area contributed by atoms with Crippen molar-refractivity contribution in [3.05, 3.63) is 35.4 Å². The fraction of sp³-hybridized carbons (Fsp3) is 0.333. The van der Waals surface area contributed by atoms with Crippen LogP contribution in [0.5, 0.6) is 0 Å². The lowest BCUT2D eigenvalue weighted by atomic mass is 10.1. The Bertz CT molecular complexity index is 276. The van der Waals surface area contributed by atoms with E-state index in [9.17, 15) is 8.78 Å². The molecule has 0 saturated heterocycles. The fourth-order valence-electron chi connectivity index (χ4n) is 1.10. The Hall–Kier alpha value is -0.710. The van der Waals surface area contributed by atoms with E-state index in [0.717, 1.165) is 6.07 Å². The molecule has 1 atom stereocenters. The molecular formula is C9H12ClF2NO. The van der Waals surface area contributed by atoms with Gasteiger partial charge in [-0.2, -0.15) is 0 Å². The van der Waals surface area contributed by atoms with Crippen LogP contribution in [-0.4, -0.2) is 17.8 Å². The smallest absolute Gasteiger partial charge is 0.126 e. The topological polar surface area (TPSA) is 46.2 Å². The third kappa shape index (κ3) is 4.00. The molecule has 0 radical (unpaired) electrons. The second-order valence-electron chi connectivity index (χ2n) is 2.92. The lowest BCUT2D eigenvalue weighted by Crippen LogP contribution is -2.26. The maximum absolute atomic E-state index is 12.6. The van der Waals surface area contributed by atoms with Crippen molar-refractivity contribution in [2.75, 3.05) is 6.61 Å². The fourth-order valence-corrected chi connectivity index (χ4v) is 1.10. The molecule has 0 aliphatic carbocycles. The Kier molecular flexibility index (Phi) is 5.60. The molecule has 0 heterocycles. The highest BCUT2D eigenvalue weighted by molar-refractivity contribution is 5.85. The Morgan fingerprint density at radius 1 is 1.21 bits per heavy atom. The maximum Gasteiger partial charge on any atom is 0.126 e. The van der Waals surface area contributed by atoms with Crippen molar-refractivity contribution in [1.29, 1.82) is 0 Å². The van der Waals surface area contributed by atoms with Crippen LogP contribution in [0.1, 0.15) is 5.56 Å². The highest BCUT2D eigenvalue weighted by Crippen LogP contribution is 2.09. The van der Waals surface area contributed by atoms with Crippen LogP contribution in [0.4, 0.5) is 8.78 Å². The highest BCUT2D eigenvalue weighted by atomic mass is 35.5. The first-order valence-electron chi connectivity index (χ1n) is 3.93. The standard InChI is InChI=1S/C9H11F2NO.ClH/c10-7-1-6(2-8(11)4-7)3-9(12)5-13;/h1-2,4,9,13H,3,5,12H2;1H. The zero-order valence-electron chi connectivity index (χ0n) is 7.41. The number of benzene rings is 1. The molecule has 1 rings (SSSR count). The molecule has 1 aromatic carbocycles. The van der Waals surface area contributed by atoms with E-state index in [0.29, 0.717) is 5.56 Å². The van der Waals surface area contributed by atoms with Gasteiger partial charge in [0.15, 0.2) is 0 Å². The van der Waals surface area contributed by atoms with Crippen LogP contribution in [0.25, 0.3) is 0 Å². The molecule has 0 amide bonds. The van der Waals surface area contributed by atoms with E-state index in [-0.39, 0.29) is 25.4 Å². The summed E-state index contributed by atoms with van der Waals surface area (Å²) in [5, 5.41) is 8.62. The molecule has 0 bridgehead atoms. The summed E-state index contributed by atoms with van der Waals surface area (Å²) in [7, 11) is 0. The minimum Gasteiger partial charge on any atom is -0.395 e. The molecule has 5 heteroatoms. The number of nitrogens with two attached hydrogens (primary N) is 1. The number of aliphatic hydroxyl groups excluding tert-OH is 1. The van der Waals surface area contributed by atoms with Gasteiger partial charge >= 0.3 is 0 Å². The van der Waals surface area contributed by atoms with Gasteiger partial charge in [0.1, 0.15) is 11.6 Å². The lowest BCUT2D eigenvalue weighted by molar-refractivity contribution is 0.265. The average Bonchev–Trinajstić information content (AvgIpc) is 2.02. The molecular weight excluding hydrogens is 212 g/mol. The summed E-state index contributed by atoms with van der Waals surface area (Å²) in [5.74, 6) is -1.25. The Labute approximate surface area is 87.1 Å². The largest absolute Gasteiger partial charge is 0.395 e. The van der Waals surface area contributed by atoms with E-state index in [1.807, 2.05) is 0 Å². The van der Waals surface area contributed by atoms with E-state index in [1.165, 1.54) is 12.1 Å². The van der Waals surface area contributed by atoms with Crippen LogP contribution in [0, 0.1) is 11.6 Å². The van der Waals surface area contributed by atoms with Crippen molar-refractivity contribution in [1.82, 2.24) is 0 Å². The first-order chi connectivity index (χ1) is 6.11. The Morgan fingerprint density at radius 3 is 2.14 bits per heavy atom. The van der Waals surface area contributed by atoms with Crippen molar-refractivity contribution in [2.24, 2.45) is 5.73 Å². The van der Waals surface area contributed by atoms with Gasteiger partial charge in [0.25, 0.3) is 0 Å². The van der Waals surface area contributed by atoms with Crippen molar-refractivity contribution in [3.63, 3.8) is 0 Å². The SMILES string of the molecule is Cl.NC(CO)Cc1cc(F)cc(F)c1. The van der Waals surface area contributed by atoms with Crippen LogP contribution in [0.2, 0.25) is 0 Å². The first kappa shape index (κ1) is 13.3. The van der Waals surface area contributed by atoms with Crippen molar-refractivity contribution in [2.45, 2.75) is 12.5 Å². The predicted molar refractivity (Wildman–Crippen MR) is 52.4 cm³/mol. The van der Waals surface area contributed by atoms with Crippen molar-refractivity contribution in [3.8, 4) is 0 Å². The van der Waals surface area contributed by atoms with Gasteiger partial charge in [-0.1, -0.05) is 0 Å². The number of rotatable bonds is 3. The molecule has 1 aromatic rings. The van der Waals surface area contributed by atoms with E-state index in [2.05, 4.69) is 0 Å². The molecule has 0 spiro atoms. The quantitative estimate of drug-likeness (QED) is 0.810. The van der Waals surface area contributed by atoms with E-state index < -0.39 is 17.7 Å². The normalized spacial score (nSPS) is 12.0. The molecule has 0 aromatic heterocycles.